The molecule has 0 saturated heterocycles. The van der Waals surface area contributed by atoms with Crippen LogP contribution < -0.4 is 4.90 Å². The average molecular weight is 916 g/mol. The fourth-order valence-electron chi connectivity index (χ4n) is 11.5. The van der Waals surface area contributed by atoms with Gasteiger partial charge >= 0.3 is 0 Å². The maximum absolute atomic E-state index is 2.46. The smallest absolute Gasteiger partial charge is 0.0713 e. The van der Waals surface area contributed by atoms with E-state index in [0.717, 1.165) is 44.9 Å². The summed E-state index contributed by atoms with van der Waals surface area (Å²) in [6.45, 7) is 0. The molecular weight excluding hydrogens is 867 g/mol. The summed E-state index contributed by atoms with van der Waals surface area (Å²) in [6.07, 6.45) is 0. The van der Waals surface area contributed by atoms with Crippen molar-refractivity contribution >= 4 is 27.8 Å². The van der Waals surface area contributed by atoms with Crippen molar-refractivity contribution in [2.45, 2.75) is 5.41 Å². The van der Waals surface area contributed by atoms with Crippen LogP contribution in [0, 0.1) is 0 Å². The van der Waals surface area contributed by atoms with Crippen LogP contribution in [0.5, 0.6) is 0 Å². The van der Waals surface area contributed by atoms with E-state index >= 15 is 0 Å². The Morgan fingerprint density at radius 2 is 0.653 bits per heavy atom. The molecule has 1 nitrogen and oxygen atoms in total. The van der Waals surface area contributed by atoms with E-state index in [1.54, 1.807) is 0 Å². The topological polar surface area (TPSA) is 3.24 Å². The van der Waals surface area contributed by atoms with Gasteiger partial charge in [-0.1, -0.05) is 255 Å². The quantitative estimate of drug-likeness (QED) is 0.132. The van der Waals surface area contributed by atoms with Gasteiger partial charge in [0.25, 0.3) is 0 Å². The van der Waals surface area contributed by atoms with Crippen molar-refractivity contribution in [3.63, 3.8) is 0 Å². The number of benzene rings is 12. The molecule has 1 aliphatic carbocycles. The molecule has 12 aromatic carbocycles. The number of para-hydroxylation sites is 2. The number of rotatable bonds is 10. The van der Waals surface area contributed by atoms with Crippen LogP contribution in [-0.4, -0.2) is 0 Å². The van der Waals surface area contributed by atoms with Gasteiger partial charge in [0.05, 0.1) is 16.8 Å². The van der Waals surface area contributed by atoms with Crippen molar-refractivity contribution in [3.8, 4) is 66.8 Å². The van der Waals surface area contributed by atoms with E-state index in [0.29, 0.717) is 0 Å². The highest BCUT2D eigenvalue weighted by Crippen LogP contribution is 2.57. The van der Waals surface area contributed by atoms with Crippen molar-refractivity contribution in [1.82, 2.24) is 0 Å². The second-order valence-electron chi connectivity index (χ2n) is 18.8. The largest absolute Gasteiger partial charge is 0.309 e. The molecule has 1 heteroatoms. The third-order valence-electron chi connectivity index (χ3n) is 14.8. The molecule has 0 unspecified atom stereocenters. The second kappa shape index (κ2) is 18.2. The summed E-state index contributed by atoms with van der Waals surface area (Å²) in [5.41, 5.74) is 22.2. The highest BCUT2D eigenvalue weighted by Gasteiger charge is 2.46. The monoisotopic (exact) mass is 915 g/mol. The molecule has 0 aromatic heterocycles. The predicted molar refractivity (Wildman–Crippen MR) is 303 cm³/mol. The van der Waals surface area contributed by atoms with Gasteiger partial charge in [0, 0.05) is 16.8 Å². The van der Waals surface area contributed by atoms with Crippen molar-refractivity contribution in [2.75, 3.05) is 4.90 Å². The third kappa shape index (κ3) is 7.34. The van der Waals surface area contributed by atoms with Crippen LogP contribution in [0.2, 0.25) is 0 Å². The van der Waals surface area contributed by atoms with Crippen LogP contribution in [0.15, 0.2) is 297 Å². The van der Waals surface area contributed by atoms with Crippen molar-refractivity contribution < 1.29 is 0 Å². The lowest BCUT2D eigenvalue weighted by Gasteiger charge is -2.34. The Hall–Kier alpha value is -9.30. The van der Waals surface area contributed by atoms with Gasteiger partial charge in [-0.2, -0.15) is 0 Å². The Balaban J connectivity index is 0.969. The molecule has 0 bridgehead atoms. The molecule has 0 radical (unpaired) electrons. The standard InChI is InChI=1S/C71H49N/c1-4-21-50(22-5-1)53-25-18-27-56(47-53)63-34-13-16-39-69(63)72(70-40-17-14-35-64(70)57-28-19-26-55(48-57)62-37-20-24-52-23-10-11-33-61(52)62)60-44-41-51(42-45-60)54-43-46-66-65-36-12-15-38-67(65)71(68(66)49-54,58-29-6-2-7-30-58)59-31-8-3-9-32-59/h1-49H. The molecule has 0 spiro atoms. The molecule has 0 atom stereocenters. The molecule has 72 heavy (non-hydrogen) atoms. The molecule has 0 fully saturated rings. The van der Waals surface area contributed by atoms with Gasteiger partial charge in [-0.05, 0) is 131 Å². The van der Waals surface area contributed by atoms with Crippen LogP contribution in [0.4, 0.5) is 17.1 Å². The summed E-state index contributed by atoms with van der Waals surface area (Å²) in [5, 5.41) is 2.48. The molecular formula is C71H49N. The first kappa shape index (κ1) is 42.8. The molecule has 0 N–H and O–H groups in total. The van der Waals surface area contributed by atoms with Crippen LogP contribution in [0.25, 0.3) is 77.5 Å². The fourth-order valence-corrected chi connectivity index (χ4v) is 11.5. The molecule has 12 aromatic rings. The number of hydrogen-bond acceptors (Lipinski definition) is 1. The minimum atomic E-state index is -0.475. The first-order chi connectivity index (χ1) is 35.7. The molecule has 0 heterocycles. The van der Waals surface area contributed by atoms with Crippen molar-refractivity contribution in [2.24, 2.45) is 0 Å². The summed E-state index contributed by atoms with van der Waals surface area (Å²) < 4.78 is 0. The number of fused-ring (bicyclic) bond motifs is 4. The van der Waals surface area contributed by atoms with E-state index in [1.165, 1.54) is 72.0 Å². The minimum absolute atomic E-state index is 0.475. The summed E-state index contributed by atoms with van der Waals surface area (Å²) >= 11 is 0. The second-order valence-corrected chi connectivity index (χ2v) is 18.8. The molecule has 1 aliphatic rings. The van der Waals surface area contributed by atoms with E-state index in [2.05, 4.69) is 302 Å². The summed E-state index contributed by atoms with van der Waals surface area (Å²) in [5.74, 6) is 0. The summed E-state index contributed by atoms with van der Waals surface area (Å²) in [4.78, 5) is 2.46. The highest BCUT2D eigenvalue weighted by molar-refractivity contribution is 5.99. The molecule has 0 amide bonds. The lowest BCUT2D eigenvalue weighted by Crippen LogP contribution is -2.28. The Labute approximate surface area is 422 Å². The molecule has 338 valence electrons. The first-order valence-electron chi connectivity index (χ1n) is 24.9. The Bertz CT molecular complexity index is 3870. The first-order valence-corrected chi connectivity index (χ1v) is 24.9. The fraction of sp³-hybridized carbons (Fsp3) is 0.0141. The molecule has 0 saturated carbocycles. The summed E-state index contributed by atoms with van der Waals surface area (Å²) in [7, 11) is 0. The lowest BCUT2D eigenvalue weighted by molar-refractivity contribution is 0.769. The SMILES string of the molecule is c1ccc(-c2cccc(-c3ccccc3N(c3ccc(-c4ccc5c(c4)C(c4ccccc4)(c4ccccc4)c4ccccc4-5)cc3)c3ccccc3-c3cccc(-c4cccc5ccccc45)c3)c2)cc1. The minimum Gasteiger partial charge on any atom is -0.309 e. The van der Waals surface area contributed by atoms with Gasteiger partial charge in [0.2, 0.25) is 0 Å². The van der Waals surface area contributed by atoms with E-state index < -0.39 is 5.41 Å². The zero-order chi connectivity index (χ0) is 47.8. The highest BCUT2D eigenvalue weighted by atomic mass is 15.1. The van der Waals surface area contributed by atoms with E-state index in [1.807, 2.05) is 0 Å². The number of anilines is 3. The lowest BCUT2D eigenvalue weighted by atomic mass is 9.67. The van der Waals surface area contributed by atoms with E-state index in [-0.39, 0.29) is 0 Å². The maximum Gasteiger partial charge on any atom is 0.0713 e. The Kier molecular flexibility index (Phi) is 10.8. The number of hydrogen-bond donors (Lipinski definition) is 0. The molecule has 13 rings (SSSR count). The van der Waals surface area contributed by atoms with Gasteiger partial charge in [-0.15, -0.1) is 0 Å². The predicted octanol–water partition coefficient (Wildman–Crippen LogP) is 19.0. The van der Waals surface area contributed by atoms with Gasteiger partial charge in [-0.3, -0.25) is 0 Å². The van der Waals surface area contributed by atoms with Gasteiger partial charge < -0.3 is 4.90 Å². The van der Waals surface area contributed by atoms with Gasteiger partial charge in [-0.25, -0.2) is 0 Å². The van der Waals surface area contributed by atoms with Gasteiger partial charge in [0.15, 0.2) is 0 Å². The van der Waals surface area contributed by atoms with Crippen LogP contribution in [-0.2, 0) is 5.41 Å². The van der Waals surface area contributed by atoms with E-state index in [9.17, 15) is 0 Å². The Morgan fingerprint density at radius 3 is 1.32 bits per heavy atom. The van der Waals surface area contributed by atoms with Gasteiger partial charge in [0.1, 0.15) is 0 Å². The van der Waals surface area contributed by atoms with Crippen molar-refractivity contribution in [3.05, 3.63) is 320 Å². The number of nitrogens with zero attached hydrogens (tertiary/aromatic N) is 1. The maximum atomic E-state index is 2.46. The van der Waals surface area contributed by atoms with Crippen LogP contribution >= 0.6 is 0 Å². The van der Waals surface area contributed by atoms with E-state index in [4.69, 9.17) is 0 Å². The normalized spacial score (nSPS) is 12.3. The van der Waals surface area contributed by atoms with Crippen LogP contribution in [0.1, 0.15) is 22.3 Å². The zero-order valence-electron chi connectivity index (χ0n) is 39.7. The average Bonchev–Trinajstić information content (AvgIpc) is 3.76. The molecule has 0 aliphatic heterocycles. The van der Waals surface area contributed by atoms with Crippen molar-refractivity contribution in [1.29, 1.82) is 0 Å². The zero-order valence-corrected chi connectivity index (χ0v) is 39.7. The Morgan fingerprint density at radius 1 is 0.236 bits per heavy atom. The van der Waals surface area contributed by atoms with Crippen LogP contribution in [0.3, 0.4) is 0 Å². The third-order valence-corrected chi connectivity index (χ3v) is 14.8. The summed E-state index contributed by atoms with van der Waals surface area (Å²) in [6, 6.07) is 109.